The molecule has 3 heterocycles. The summed E-state index contributed by atoms with van der Waals surface area (Å²) in [5.74, 6) is -0.286. The van der Waals surface area contributed by atoms with Crippen molar-refractivity contribution in [2.75, 3.05) is 18.4 Å². The fourth-order valence-electron chi connectivity index (χ4n) is 3.14. The van der Waals surface area contributed by atoms with Crippen LogP contribution in [0.3, 0.4) is 0 Å². The average molecular weight is 388 g/mol. The van der Waals surface area contributed by atoms with Gasteiger partial charge < -0.3 is 15.0 Å². The molecule has 0 aromatic carbocycles. The van der Waals surface area contributed by atoms with Crippen molar-refractivity contribution in [3.8, 4) is 0 Å². The SMILES string of the molecule is CC1CN(C(=O)Cn2cc(NC(=O)c3cnn(C(C)(C)C)c3)cn2)CC(C)O1. The number of morpholine rings is 1. The second-order valence-corrected chi connectivity index (χ2v) is 8.28. The molecule has 0 aliphatic carbocycles. The van der Waals surface area contributed by atoms with Crippen LogP contribution in [0.15, 0.2) is 24.8 Å². The second kappa shape index (κ2) is 7.75. The van der Waals surface area contributed by atoms with E-state index in [1.54, 1.807) is 22.0 Å². The summed E-state index contributed by atoms with van der Waals surface area (Å²) in [6, 6.07) is 0. The molecule has 0 radical (unpaired) electrons. The van der Waals surface area contributed by atoms with Crippen LogP contribution in [0, 0.1) is 0 Å². The van der Waals surface area contributed by atoms with Gasteiger partial charge in [0.05, 0.1) is 41.4 Å². The Kier molecular flexibility index (Phi) is 5.55. The highest BCUT2D eigenvalue weighted by molar-refractivity contribution is 6.03. The van der Waals surface area contributed by atoms with E-state index in [1.165, 1.54) is 17.1 Å². The Labute approximate surface area is 164 Å². The standard InChI is InChI=1S/C19H28N6O3/c1-13-8-23(9-14(2)28-13)17(26)12-24-11-16(7-20-24)22-18(27)15-6-21-25(10-15)19(3,4)5/h6-7,10-11,13-14H,8-9,12H2,1-5H3,(H,22,27). The number of nitrogens with zero attached hydrogens (tertiary/aromatic N) is 5. The van der Waals surface area contributed by atoms with Crippen LogP contribution in [0.25, 0.3) is 0 Å². The lowest BCUT2D eigenvalue weighted by Gasteiger charge is -2.35. The largest absolute Gasteiger partial charge is 0.372 e. The lowest BCUT2D eigenvalue weighted by atomic mass is 10.1. The topological polar surface area (TPSA) is 94.3 Å². The Balaban J connectivity index is 1.58. The number of amides is 2. The minimum absolute atomic E-state index is 0.0190. The molecule has 1 fully saturated rings. The highest BCUT2D eigenvalue weighted by atomic mass is 16.5. The van der Waals surface area contributed by atoms with Gasteiger partial charge in [-0.05, 0) is 34.6 Å². The van der Waals surface area contributed by atoms with Crippen molar-refractivity contribution in [2.24, 2.45) is 0 Å². The molecule has 1 N–H and O–H groups in total. The summed E-state index contributed by atoms with van der Waals surface area (Å²) >= 11 is 0. The number of hydrogen-bond acceptors (Lipinski definition) is 5. The average Bonchev–Trinajstić information content (AvgIpc) is 3.23. The van der Waals surface area contributed by atoms with Crippen LogP contribution in [0.4, 0.5) is 5.69 Å². The molecule has 2 atom stereocenters. The van der Waals surface area contributed by atoms with Crippen LogP contribution in [-0.4, -0.2) is 61.6 Å². The number of rotatable bonds is 4. The first-order valence-electron chi connectivity index (χ1n) is 9.44. The van der Waals surface area contributed by atoms with E-state index >= 15 is 0 Å². The molecule has 2 aromatic rings. The van der Waals surface area contributed by atoms with Gasteiger partial charge in [0.15, 0.2) is 0 Å². The monoisotopic (exact) mass is 388 g/mol. The maximum atomic E-state index is 12.5. The summed E-state index contributed by atoms with van der Waals surface area (Å²) in [7, 11) is 0. The third-order valence-corrected chi connectivity index (χ3v) is 4.49. The molecule has 1 aliphatic heterocycles. The van der Waals surface area contributed by atoms with Crippen molar-refractivity contribution < 1.29 is 14.3 Å². The van der Waals surface area contributed by atoms with E-state index in [0.717, 1.165) is 0 Å². The third-order valence-electron chi connectivity index (χ3n) is 4.49. The van der Waals surface area contributed by atoms with Crippen molar-refractivity contribution in [3.05, 3.63) is 30.4 Å². The summed E-state index contributed by atoms with van der Waals surface area (Å²) in [5.41, 5.74) is 0.804. The Morgan fingerprint density at radius 1 is 1.14 bits per heavy atom. The van der Waals surface area contributed by atoms with Gasteiger partial charge in [-0.2, -0.15) is 10.2 Å². The van der Waals surface area contributed by atoms with E-state index in [1.807, 2.05) is 34.6 Å². The predicted octanol–water partition coefficient (Wildman–Crippen LogP) is 1.72. The highest BCUT2D eigenvalue weighted by Crippen LogP contribution is 2.15. The van der Waals surface area contributed by atoms with E-state index < -0.39 is 0 Å². The molecule has 1 aliphatic rings. The van der Waals surface area contributed by atoms with Crippen LogP contribution >= 0.6 is 0 Å². The summed E-state index contributed by atoms with van der Waals surface area (Å²) in [4.78, 5) is 26.7. The van der Waals surface area contributed by atoms with Crippen molar-refractivity contribution in [2.45, 2.75) is 58.9 Å². The molecule has 9 heteroatoms. The number of ether oxygens (including phenoxy) is 1. The molecule has 2 unspecified atom stereocenters. The van der Waals surface area contributed by atoms with Gasteiger partial charge in [-0.3, -0.25) is 19.0 Å². The minimum atomic E-state index is -0.266. The van der Waals surface area contributed by atoms with Gasteiger partial charge in [-0.15, -0.1) is 0 Å². The Morgan fingerprint density at radius 3 is 2.43 bits per heavy atom. The normalized spacial score (nSPS) is 20.2. The minimum Gasteiger partial charge on any atom is -0.372 e. The molecule has 28 heavy (non-hydrogen) atoms. The van der Waals surface area contributed by atoms with Crippen molar-refractivity contribution in [3.63, 3.8) is 0 Å². The summed E-state index contributed by atoms with van der Waals surface area (Å²) in [6.07, 6.45) is 6.48. The van der Waals surface area contributed by atoms with Crippen LogP contribution in [0.2, 0.25) is 0 Å². The molecule has 0 spiro atoms. The zero-order chi connectivity index (χ0) is 20.5. The van der Waals surface area contributed by atoms with Gasteiger partial charge in [-0.25, -0.2) is 0 Å². The van der Waals surface area contributed by atoms with Gasteiger partial charge >= 0.3 is 0 Å². The van der Waals surface area contributed by atoms with Gasteiger partial charge in [0.2, 0.25) is 5.91 Å². The van der Waals surface area contributed by atoms with E-state index in [2.05, 4.69) is 15.5 Å². The molecular formula is C19H28N6O3. The number of carbonyl (C=O) groups excluding carboxylic acids is 2. The molecule has 152 valence electrons. The fraction of sp³-hybridized carbons (Fsp3) is 0.579. The number of anilines is 1. The second-order valence-electron chi connectivity index (χ2n) is 8.28. The molecule has 2 aromatic heterocycles. The molecule has 0 bridgehead atoms. The maximum absolute atomic E-state index is 12.5. The van der Waals surface area contributed by atoms with Crippen LogP contribution in [0.5, 0.6) is 0 Å². The lowest BCUT2D eigenvalue weighted by Crippen LogP contribution is -2.49. The number of hydrogen-bond donors (Lipinski definition) is 1. The van der Waals surface area contributed by atoms with Crippen LogP contribution in [0.1, 0.15) is 45.0 Å². The predicted molar refractivity (Wildman–Crippen MR) is 104 cm³/mol. The molecule has 1 saturated heterocycles. The molecular weight excluding hydrogens is 360 g/mol. The Bertz CT molecular complexity index is 840. The number of carbonyl (C=O) groups is 2. The van der Waals surface area contributed by atoms with E-state index in [0.29, 0.717) is 24.3 Å². The first-order valence-corrected chi connectivity index (χ1v) is 9.44. The molecule has 3 rings (SSSR count). The zero-order valence-electron chi connectivity index (χ0n) is 17.0. The van der Waals surface area contributed by atoms with Gasteiger partial charge in [0.1, 0.15) is 6.54 Å². The molecule has 0 saturated carbocycles. The van der Waals surface area contributed by atoms with Crippen molar-refractivity contribution in [1.29, 1.82) is 0 Å². The number of aromatic nitrogens is 4. The van der Waals surface area contributed by atoms with Gasteiger partial charge in [0.25, 0.3) is 5.91 Å². The van der Waals surface area contributed by atoms with E-state index in [-0.39, 0.29) is 36.1 Å². The summed E-state index contributed by atoms with van der Waals surface area (Å²) in [6.45, 7) is 11.2. The van der Waals surface area contributed by atoms with E-state index in [4.69, 9.17) is 4.74 Å². The zero-order valence-corrected chi connectivity index (χ0v) is 17.0. The van der Waals surface area contributed by atoms with Crippen molar-refractivity contribution >= 4 is 17.5 Å². The highest BCUT2D eigenvalue weighted by Gasteiger charge is 2.26. The maximum Gasteiger partial charge on any atom is 0.258 e. The fourth-order valence-corrected chi connectivity index (χ4v) is 3.14. The third kappa shape index (κ3) is 4.78. The molecule has 9 nitrogen and oxygen atoms in total. The Morgan fingerprint density at radius 2 is 1.82 bits per heavy atom. The van der Waals surface area contributed by atoms with Gasteiger partial charge in [0, 0.05) is 25.5 Å². The van der Waals surface area contributed by atoms with Crippen LogP contribution in [-0.2, 0) is 21.6 Å². The first-order chi connectivity index (χ1) is 13.1. The smallest absolute Gasteiger partial charge is 0.258 e. The van der Waals surface area contributed by atoms with Crippen molar-refractivity contribution in [1.82, 2.24) is 24.5 Å². The Hall–Kier alpha value is -2.68. The first kappa shape index (κ1) is 20.1. The summed E-state index contributed by atoms with van der Waals surface area (Å²) < 4.78 is 8.93. The lowest BCUT2D eigenvalue weighted by molar-refractivity contribution is -0.144. The van der Waals surface area contributed by atoms with E-state index in [9.17, 15) is 9.59 Å². The molecule has 2 amide bonds. The quantitative estimate of drug-likeness (QED) is 0.861. The van der Waals surface area contributed by atoms with Gasteiger partial charge in [-0.1, -0.05) is 0 Å². The van der Waals surface area contributed by atoms with Crippen LogP contribution < -0.4 is 5.32 Å². The summed E-state index contributed by atoms with van der Waals surface area (Å²) in [5, 5.41) is 11.2. The number of nitrogens with one attached hydrogen (secondary N) is 1.